The first kappa shape index (κ1) is 29.1. The number of sulfonamides is 1. The lowest BCUT2D eigenvalue weighted by Crippen LogP contribution is -2.17. The van der Waals surface area contributed by atoms with Gasteiger partial charge in [-0.1, -0.05) is 80.9 Å². The monoisotopic (exact) mass is 574 g/mol. The quantitative estimate of drug-likeness (QED) is 0.223. The molecule has 0 heterocycles. The number of aryl methyl sites for hydroxylation is 1. The molecule has 6 nitrogen and oxygen atoms in total. The summed E-state index contributed by atoms with van der Waals surface area (Å²) in [5.74, 6) is -0.715. The van der Waals surface area contributed by atoms with E-state index in [9.17, 15) is 18.0 Å². The van der Waals surface area contributed by atoms with Gasteiger partial charge < -0.3 is 5.32 Å². The third-order valence-electron chi connectivity index (χ3n) is 6.73. The van der Waals surface area contributed by atoms with Crippen molar-refractivity contribution in [3.8, 4) is 0 Å². The maximum Gasteiger partial charge on any atom is 0.263 e. The number of carbonyl (C=O) groups excluding carboxylic acids is 2. The summed E-state index contributed by atoms with van der Waals surface area (Å²) in [4.78, 5) is 26.0. The Hall–Kier alpha value is -3.94. The number of nitrogens with one attached hydrogen (secondary N) is 2. The van der Waals surface area contributed by atoms with Crippen LogP contribution in [0.5, 0.6) is 0 Å². The number of benzene rings is 4. The Balaban J connectivity index is 1.55. The van der Waals surface area contributed by atoms with Gasteiger partial charge >= 0.3 is 0 Å². The fourth-order valence-electron chi connectivity index (χ4n) is 4.14. The van der Waals surface area contributed by atoms with E-state index >= 15 is 0 Å². The molecule has 1 amide bonds. The lowest BCUT2D eigenvalue weighted by Gasteiger charge is -2.19. The van der Waals surface area contributed by atoms with E-state index in [0.29, 0.717) is 22.5 Å². The maximum atomic E-state index is 13.2. The van der Waals surface area contributed by atoms with E-state index in [2.05, 4.69) is 30.8 Å². The third-order valence-corrected chi connectivity index (χ3v) is 8.57. The van der Waals surface area contributed by atoms with Crippen molar-refractivity contribution < 1.29 is 18.0 Å². The molecule has 4 aromatic carbocycles. The molecule has 0 fully saturated rings. The summed E-state index contributed by atoms with van der Waals surface area (Å²) in [6, 6.07) is 23.5. The Kier molecular flexibility index (Phi) is 8.19. The van der Waals surface area contributed by atoms with Crippen molar-refractivity contribution in [3.05, 3.63) is 123 Å². The molecule has 0 atom stereocenters. The predicted octanol–water partition coefficient (Wildman–Crippen LogP) is 7.54. The molecule has 4 rings (SSSR count). The Morgan fingerprint density at radius 1 is 0.775 bits per heavy atom. The Bertz CT molecular complexity index is 1710. The lowest BCUT2D eigenvalue weighted by molar-refractivity contribution is 0.102. The van der Waals surface area contributed by atoms with Crippen LogP contribution in [0.25, 0.3) is 0 Å². The summed E-state index contributed by atoms with van der Waals surface area (Å²) in [6.07, 6.45) is 0. The highest BCUT2D eigenvalue weighted by molar-refractivity contribution is 7.92. The van der Waals surface area contributed by atoms with Crippen molar-refractivity contribution in [3.63, 3.8) is 0 Å². The Morgan fingerprint density at radius 2 is 1.43 bits per heavy atom. The summed E-state index contributed by atoms with van der Waals surface area (Å²) in [5.41, 5.74) is 4.70. The standard InChI is InChI=1S/C32H31ClN2O4S/c1-20-8-6-11-28(21(20)2)35-40(38,39)29-19-24(14-17-27(29)33)31(37)34-26-10-7-9-23(18-26)30(36)22-12-15-25(16-13-22)32(3,4)5/h6-19,35H,1-5H3,(H,34,37). The number of anilines is 2. The Morgan fingerprint density at radius 3 is 2.10 bits per heavy atom. The molecular weight excluding hydrogens is 544 g/mol. The molecule has 2 N–H and O–H groups in total. The van der Waals surface area contributed by atoms with Gasteiger partial charge in [0.1, 0.15) is 4.90 Å². The van der Waals surface area contributed by atoms with Gasteiger partial charge in [0, 0.05) is 22.4 Å². The predicted molar refractivity (Wildman–Crippen MR) is 161 cm³/mol. The van der Waals surface area contributed by atoms with Crippen LogP contribution in [0, 0.1) is 13.8 Å². The molecule has 0 saturated heterocycles. The van der Waals surface area contributed by atoms with Crippen molar-refractivity contribution in [1.82, 2.24) is 0 Å². The second kappa shape index (κ2) is 11.3. The molecule has 0 unspecified atom stereocenters. The van der Waals surface area contributed by atoms with Crippen LogP contribution < -0.4 is 10.0 Å². The molecule has 0 spiro atoms. The summed E-state index contributed by atoms with van der Waals surface area (Å²) in [7, 11) is -4.08. The smallest absolute Gasteiger partial charge is 0.263 e. The van der Waals surface area contributed by atoms with Crippen LogP contribution in [-0.2, 0) is 15.4 Å². The highest BCUT2D eigenvalue weighted by Gasteiger charge is 2.22. The van der Waals surface area contributed by atoms with E-state index in [-0.39, 0.29) is 26.7 Å². The number of carbonyl (C=O) groups is 2. The largest absolute Gasteiger partial charge is 0.322 e. The van der Waals surface area contributed by atoms with Crippen LogP contribution in [0.3, 0.4) is 0 Å². The van der Waals surface area contributed by atoms with Gasteiger partial charge in [-0.05, 0) is 72.4 Å². The minimum Gasteiger partial charge on any atom is -0.322 e. The zero-order valence-corrected chi connectivity index (χ0v) is 24.6. The summed E-state index contributed by atoms with van der Waals surface area (Å²) >= 11 is 6.24. The number of rotatable bonds is 7. The molecule has 0 aliphatic carbocycles. The average molecular weight is 575 g/mol. The van der Waals surface area contributed by atoms with Gasteiger partial charge in [0.2, 0.25) is 0 Å². The van der Waals surface area contributed by atoms with Crippen LogP contribution >= 0.6 is 11.6 Å². The fourth-order valence-corrected chi connectivity index (χ4v) is 5.79. The maximum absolute atomic E-state index is 13.2. The van der Waals surface area contributed by atoms with Crippen LogP contribution in [-0.4, -0.2) is 20.1 Å². The van der Waals surface area contributed by atoms with Crippen LogP contribution in [0.15, 0.2) is 89.8 Å². The van der Waals surface area contributed by atoms with Crippen LogP contribution in [0.2, 0.25) is 5.02 Å². The minimum absolute atomic E-state index is 0.0144. The molecule has 0 aliphatic heterocycles. The fraction of sp³-hybridized carbons (Fsp3) is 0.188. The molecule has 40 heavy (non-hydrogen) atoms. The zero-order chi connectivity index (χ0) is 29.2. The first-order chi connectivity index (χ1) is 18.8. The van der Waals surface area contributed by atoms with E-state index in [1.807, 2.05) is 32.0 Å². The minimum atomic E-state index is -4.08. The van der Waals surface area contributed by atoms with Crippen molar-refractivity contribution in [2.75, 3.05) is 10.0 Å². The summed E-state index contributed by atoms with van der Waals surface area (Å²) in [6.45, 7) is 10.0. The van der Waals surface area contributed by atoms with Gasteiger partial charge in [0.15, 0.2) is 5.78 Å². The van der Waals surface area contributed by atoms with Gasteiger partial charge in [-0.2, -0.15) is 0 Å². The van der Waals surface area contributed by atoms with Crippen LogP contribution in [0.1, 0.15) is 63.7 Å². The van der Waals surface area contributed by atoms with Crippen molar-refractivity contribution in [1.29, 1.82) is 0 Å². The third kappa shape index (κ3) is 6.43. The number of ketones is 1. The topological polar surface area (TPSA) is 92.3 Å². The van der Waals surface area contributed by atoms with E-state index in [0.717, 1.165) is 16.7 Å². The Labute approximate surface area is 240 Å². The first-order valence-electron chi connectivity index (χ1n) is 12.7. The van der Waals surface area contributed by atoms with E-state index in [4.69, 9.17) is 11.6 Å². The van der Waals surface area contributed by atoms with Crippen molar-refractivity contribution in [2.24, 2.45) is 0 Å². The van der Waals surface area contributed by atoms with Crippen LogP contribution in [0.4, 0.5) is 11.4 Å². The highest BCUT2D eigenvalue weighted by atomic mass is 35.5. The number of hydrogen-bond donors (Lipinski definition) is 2. The van der Waals surface area contributed by atoms with Gasteiger partial charge in [-0.25, -0.2) is 8.42 Å². The van der Waals surface area contributed by atoms with E-state index in [1.54, 1.807) is 48.5 Å². The highest BCUT2D eigenvalue weighted by Crippen LogP contribution is 2.28. The zero-order valence-electron chi connectivity index (χ0n) is 23.0. The van der Waals surface area contributed by atoms with Crippen molar-refractivity contribution in [2.45, 2.75) is 44.9 Å². The SMILES string of the molecule is Cc1cccc(NS(=O)(=O)c2cc(C(=O)Nc3cccc(C(=O)c4ccc(C(C)(C)C)cc4)c3)ccc2Cl)c1C. The van der Waals surface area contributed by atoms with Gasteiger partial charge in [-0.3, -0.25) is 14.3 Å². The average Bonchev–Trinajstić information content (AvgIpc) is 2.90. The molecule has 0 bridgehead atoms. The molecule has 4 aromatic rings. The molecule has 206 valence electrons. The summed E-state index contributed by atoms with van der Waals surface area (Å²) < 4.78 is 28.9. The number of halogens is 1. The molecule has 0 radical (unpaired) electrons. The second-order valence-electron chi connectivity index (χ2n) is 10.7. The van der Waals surface area contributed by atoms with Gasteiger partial charge in [0.25, 0.3) is 15.9 Å². The van der Waals surface area contributed by atoms with E-state index < -0.39 is 15.9 Å². The van der Waals surface area contributed by atoms with Gasteiger partial charge in [0.05, 0.1) is 10.7 Å². The van der Waals surface area contributed by atoms with E-state index in [1.165, 1.54) is 18.2 Å². The second-order valence-corrected chi connectivity index (χ2v) is 12.7. The summed E-state index contributed by atoms with van der Waals surface area (Å²) in [5, 5.41) is 2.73. The molecular formula is C32H31ClN2O4S. The number of amides is 1. The first-order valence-corrected chi connectivity index (χ1v) is 14.6. The normalized spacial score (nSPS) is 11.7. The molecule has 0 aromatic heterocycles. The van der Waals surface area contributed by atoms with Crippen molar-refractivity contribution >= 4 is 44.7 Å². The lowest BCUT2D eigenvalue weighted by atomic mass is 9.86. The molecule has 0 aliphatic rings. The van der Waals surface area contributed by atoms with Gasteiger partial charge in [-0.15, -0.1) is 0 Å². The number of hydrogen-bond acceptors (Lipinski definition) is 4. The molecule has 0 saturated carbocycles. The molecule has 8 heteroatoms.